The van der Waals surface area contributed by atoms with E-state index in [1.165, 1.54) is 11.8 Å². The van der Waals surface area contributed by atoms with Crippen molar-refractivity contribution >= 4 is 57.6 Å². The van der Waals surface area contributed by atoms with E-state index in [4.69, 9.17) is 4.99 Å². The zero-order chi connectivity index (χ0) is 26.6. The Bertz CT molecular complexity index is 1440. The standard InChI is InChI=1S/C29H29N5O2S2/c1-4-30-21-16-15-20(26(35)31-5-2)17-22(21)32-29-34(18-19-11-7-6-8-12-19)27(36)25(38-29)28-33(3)23-13-9-10-14-24(23)37-28/h6-17,30H,4-5,18H2,1-3H3,(H,31,35). The van der Waals surface area contributed by atoms with Gasteiger partial charge in [0, 0.05) is 30.6 Å². The molecule has 194 valence electrons. The maximum atomic E-state index is 13.9. The Morgan fingerprint density at radius 2 is 1.71 bits per heavy atom. The van der Waals surface area contributed by atoms with E-state index in [0.717, 1.165) is 26.9 Å². The number of benzene rings is 3. The number of amidine groups is 1. The molecule has 2 N–H and O–H groups in total. The van der Waals surface area contributed by atoms with Crippen LogP contribution in [0.3, 0.4) is 0 Å². The van der Waals surface area contributed by atoms with E-state index in [2.05, 4.69) is 27.7 Å². The molecule has 0 spiro atoms. The Kier molecular flexibility index (Phi) is 7.76. The highest BCUT2D eigenvalue weighted by molar-refractivity contribution is 8.19. The van der Waals surface area contributed by atoms with Crippen LogP contribution in [0.1, 0.15) is 29.8 Å². The monoisotopic (exact) mass is 543 g/mol. The van der Waals surface area contributed by atoms with Crippen LogP contribution in [0.15, 0.2) is 92.6 Å². The van der Waals surface area contributed by atoms with Crippen molar-refractivity contribution in [3.8, 4) is 0 Å². The maximum absolute atomic E-state index is 13.9. The lowest BCUT2D eigenvalue weighted by molar-refractivity contribution is -0.122. The van der Waals surface area contributed by atoms with Gasteiger partial charge < -0.3 is 15.5 Å². The zero-order valence-corrected chi connectivity index (χ0v) is 23.2. The second-order valence-corrected chi connectivity index (χ2v) is 10.8. The summed E-state index contributed by atoms with van der Waals surface area (Å²) in [7, 11) is 1.99. The van der Waals surface area contributed by atoms with Crippen molar-refractivity contribution < 1.29 is 9.59 Å². The van der Waals surface area contributed by atoms with E-state index < -0.39 is 0 Å². The summed E-state index contributed by atoms with van der Waals surface area (Å²) in [5, 5.41) is 7.66. The molecule has 3 aromatic carbocycles. The largest absolute Gasteiger partial charge is 0.384 e. The Labute approximate surface area is 231 Å². The number of aliphatic imine (C=N–C) groups is 1. The first kappa shape index (κ1) is 25.9. The number of amides is 2. The topological polar surface area (TPSA) is 77.0 Å². The van der Waals surface area contributed by atoms with Crippen molar-refractivity contribution in [2.45, 2.75) is 25.3 Å². The molecule has 0 bridgehead atoms. The van der Waals surface area contributed by atoms with Gasteiger partial charge in [-0.1, -0.05) is 54.2 Å². The summed E-state index contributed by atoms with van der Waals surface area (Å²) < 4.78 is 0. The number of nitrogens with one attached hydrogen (secondary N) is 2. The molecule has 5 rings (SSSR count). The number of nitrogens with zero attached hydrogens (tertiary/aromatic N) is 3. The fraction of sp³-hybridized carbons (Fsp3) is 0.207. The minimum absolute atomic E-state index is 0.0790. The smallest absolute Gasteiger partial charge is 0.269 e. The van der Waals surface area contributed by atoms with Gasteiger partial charge in [-0.15, -0.1) is 0 Å². The molecule has 3 aromatic rings. The quantitative estimate of drug-likeness (QED) is 0.354. The van der Waals surface area contributed by atoms with Crippen LogP contribution in [-0.4, -0.2) is 42.0 Å². The molecular formula is C29H29N5O2S2. The van der Waals surface area contributed by atoms with Gasteiger partial charge in [0.05, 0.1) is 28.6 Å². The van der Waals surface area contributed by atoms with Crippen LogP contribution in [0.5, 0.6) is 0 Å². The fourth-order valence-corrected chi connectivity index (χ4v) is 6.63. The van der Waals surface area contributed by atoms with E-state index in [-0.39, 0.29) is 11.8 Å². The Morgan fingerprint density at radius 3 is 2.45 bits per heavy atom. The van der Waals surface area contributed by atoms with Crippen molar-refractivity contribution in [3.05, 3.63) is 93.9 Å². The number of carbonyl (C=O) groups excluding carboxylic acids is 2. The molecule has 2 aliphatic heterocycles. The van der Waals surface area contributed by atoms with Crippen molar-refractivity contribution in [3.63, 3.8) is 0 Å². The molecule has 2 heterocycles. The van der Waals surface area contributed by atoms with Gasteiger partial charge in [-0.3, -0.25) is 14.5 Å². The number of hydrogen-bond donors (Lipinski definition) is 2. The van der Waals surface area contributed by atoms with Crippen molar-refractivity contribution in [2.24, 2.45) is 4.99 Å². The van der Waals surface area contributed by atoms with Crippen LogP contribution in [0, 0.1) is 0 Å². The lowest BCUT2D eigenvalue weighted by Crippen LogP contribution is -2.29. The van der Waals surface area contributed by atoms with Gasteiger partial charge >= 0.3 is 0 Å². The number of rotatable bonds is 7. The molecule has 38 heavy (non-hydrogen) atoms. The Hall–Kier alpha value is -3.69. The summed E-state index contributed by atoms with van der Waals surface area (Å²) >= 11 is 2.98. The third-order valence-corrected chi connectivity index (χ3v) is 8.59. The third kappa shape index (κ3) is 5.16. The van der Waals surface area contributed by atoms with Gasteiger partial charge in [0.2, 0.25) is 0 Å². The number of para-hydroxylation sites is 1. The first-order valence-electron chi connectivity index (χ1n) is 12.5. The number of thioether (sulfide) groups is 2. The molecule has 7 nitrogen and oxygen atoms in total. The molecule has 0 unspecified atom stereocenters. The molecule has 1 fully saturated rings. The highest BCUT2D eigenvalue weighted by Crippen LogP contribution is 2.50. The lowest BCUT2D eigenvalue weighted by Gasteiger charge is -2.17. The van der Waals surface area contributed by atoms with E-state index in [0.29, 0.717) is 41.0 Å². The predicted octanol–water partition coefficient (Wildman–Crippen LogP) is 6.04. The molecule has 9 heteroatoms. The lowest BCUT2D eigenvalue weighted by atomic mass is 10.1. The predicted molar refractivity (Wildman–Crippen MR) is 158 cm³/mol. The van der Waals surface area contributed by atoms with E-state index in [1.807, 2.05) is 69.4 Å². The highest BCUT2D eigenvalue weighted by atomic mass is 32.2. The van der Waals surface area contributed by atoms with Crippen LogP contribution >= 0.6 is 23.5 Å². The fourth-order valence-electron chi connectivity index (χ4n) is 4.30. The van der Waals surface area contributed by atoms with Crippen molar-refractivity contribution in [1.82, 2.24) is 10.2 Å². The Morgan fingerprint density at radius 1 is 0.947 bits per heavy atom. The first-order valence-corrected chi connectivity index (χ1v) is 14.2. The third-order valence-electron chi connectivity index (χ3n) is 6.16. The van der Waals surface area contributed by atoms with Crippen LogP contribution in [0.25, 0.3) is 0 Å². The van der Waals surface area contributed by atoms with Gasteiger partial charge in [0.15, 0.2) is 5.17 Å². The minimum Gasteiger partial charge on any atom is -0.384 e. The van der Waals surface area contributed by atoms with Gasteiger partial charge in [0.25, 0.3) is 11.8 Å². The van der Waals surface area contributed by atoms with E-state index in [1.54, 1.807) is 28.8 Å². The van der Waals surface area contributed by atoms with Gasteiger partial charge in [-0.05, 0) is 61.5 Å². The van der Waals surface area contributed by atoms with E-state index in [9.17, 15) is 9.59 Å². The highest BCUT2D eigenvalue weighted by Gasteiger charge is 2.39. The molecule has 0 radical (unpaired) electrons. The van der Waals surface area contributed by atoms with Crippen LogP contribution in [0.2, 0.25) is 0 Å². The second kappa shape index (κ2) is 11.4. The zero-order valence-electron chi connectivity index (χ0n) is 21.5. The molecule has 2 aliphatic rings. The second-order valence-electron chi connectivity index (χ2n) is 8.76. The number of hydrogen-bond acceptors (Lipinski definition) is 7. The van der Waals surface area contributed by atoms with Crippen molar-refractivity contribution in [2.75, 3.05) is 30.4 Å². The molecular weight excluding hydrogens is 514 g/mol. The number of fused-ring (bicyclic) bond motifs is 1. The SMILES string of the molecule is CCNC(=O)c1ccc(NCC)c(N=C2SC(=C3Sc4ccccc4N3C)C(=O)N2Cc2ccccc2)c1. The van der Waals surface area contributed by atoms with Gasteiger partial charge in [-0.2, -0.15) is 0 Å². The summed E-state index contributed by atoms with van der Waals surface area (Å²) in [4.78, 5) is 37.0. The molecule has 0 aromatic heterocycles. The van der Waals surface area contributed by atoms with Gasteiger partial charge in [-0.25, -0.2) is 4.99 Å². The summed E-state index contributed by atoms with van der Waals surface area (Å²) in [5.41, 5.74) is 4.04. The number of anilines is 2. The summed E-state index contributed by atoms with van der Waals surface area (Å²) in [6, 6.07) is 23.5. The molecule has 2 amide bonds. The average molecular weight is 544 g/mol. The Balaban J connectivity index is 1.59. The maximum Gasteiger partial charge on any atom is 0.269 e. The molecule has 0 aliphatic carbocycles. The van der Waals surface area contributed by atoms with E-state index >= 15 is 0 Å². The molecule has 0 atom stereocenters. The molecule has 1 saturated heterocycles. The number of carbonyl (C=O) groups is 2. The van der Waals surface area contributed by atoms with Gasteiger partial charge in [0.1, 0.15) is 4.91 Å². The average Bonchev–Trinajstić information content (AvgIpc) is 3.42. The van der Waals surface area contributed by atoms with Crippen LogP contribution in [0.4, 0.5) is 17.1 Å². The van der Waals surface area contributed by atoms with Crippen LogP contribution in [-0.2, 0) is 11.3 Å². The van der Waals surface area contributed by atoms with Crippen molar-refractivity contribution in [1.29, 1.82) is 0 Å². The summed E-state index contributed by atoms with van der Waals surface area (Å²) in [5.74, 6) is -0.234. The summed E-state index contributed by atoms with van der Waals surface area (Å²) in [6.45, 7) is 5.54. The normalized spacial score (nSPS) is 17.8. The molecule has 0 saturated carbocycles. The first-order chi connectivity index (χ1) is 18.5. The minimum atomic E-state index is -0.155. The van der Waals surface area contributed by atoms with Crippen LogP contribution < -0.4 is 15.5 Å². The summed E-state index contributed by atoms with van der Waals surface area (Å²) in [6.07, 6.45) is 0.